The van der Waals surface area contributed by atoms with Crippen LogP contribution in [0.15, 0.2) is 35.5 Å². The SMILES string of the molecule is Fc1c(Cl)cc([C@@]2(C(F)(F)F)CC(c3ccc4c(c3)COC43CNC3)=NO2)cc1Cl. The molecule has 3 aliphatic heterocycles. The smallest absolute Gasteiger partial charge is 0.374 e. The van der Waals surface area contributed by atoms with E-state index in [1.165, 1.54) is 0 Å². The van der Waals surface area contributed by atoms with E-state index in [1.807, 2.05) is 6.07 Å². The highest BCUT2D eigenvalue weighted by atomic mass is 35.5. The summed E-state index contributed by atoms with van der Waals surface area (Å²) in [6.07, 6.45) is -5.44. The van der Waals surface area contributed by atoms with E-state index in [1.54, 1.807) is 12.1 Å². The molecule has 10 heteroatoms. The minimum Gasteiger partial charge on any atom is -0.374 e. The van der Waals surface area contributed by atoms with E-state index in [0.29, 0.717) is 25.3 Å². The summed E-state index contributed by atoms with van der Waals surface area (Å²) in [4.78, 5) is 4.98. The maximum absolute atomic E-state index is 14.1. The second-order valence-electron chi connectivity index (χ2n) is 7.64. The third kappa shape index (κ3) is 2.77. The Kier molecular flexibility index (Phi) is 4.39. The Morgan fingerprint density at radius 2 is 1.77 bits per heavy atom. The van der Waals surface area contributed by atoms with Crippen molar-refractivity contribution in [3.63, 3.8) is 0 Å². The van der Waals surface area contributed by atoms with Crippen LogP contribution < -0.4 is 5.32 Å². The molecule has 4 nitrogen and oxygen atoms in total. The summed E-state index contributed by atoms with van der Waals surface area (Å²) in [5, 5.41) is 5.87. The van der Waals surface area contributed by atoms with Crippen LogP contribution in [0, 0.1) is 5.82 Å². The van der Waals surface area contributed by atoms with Crippen molar-refractivity contribution >= 4 is 28.9 Å². The molecule has 0 saturated carbocycles. The first-order valence-electron chi connectivity index (χ1n) is 9.10. The summed E-state index contributed by atoms with van der Waals surface area (Å²) < 4.78 is 62.0. The lowest BCUT2D eigenvalue weighted by atomic mass is 9.84. The van der Waals surface area contributed by atoms with Crippen LogP contribution in [-0.4, -0.2) is 25.0 Å². The summed E-state index contributed by atoms with van der Waals surface area (Å²) in [6.45, 7) is 1.78. The molecule has 1 saturated heterocycles. The number of ether oxygens (including phenoxy) is 1. The summed E-state index contributed by atoms with van der Waals surface area (Å²) in [5.74, 6) is -0.989. The standard InChI is InChI=1S/C20H14Cl2F4N2O2/c21-14-4-12(5-15(22)17(14)23)19(20(24,25)26)6-16(28-30-19)10-1-2-13-11(3-10)7-29-18(13)8-27-9-18/h1-5,27H,6-9H2/t19-/m1/s1. The molecule has 1 N–H and O–H groups in total. The van der Waals surface area contributed by atoms with Crippen LogP contribution >= 0.6 is 23.2 Å². The van der Waals surface area contributed by atoms with Gasteiger partial charge < -0.3 is 14.9 Å². The van der Waals surface area contributed by atoms with Crippen molar-refractivity contribution in [3.8, 4) is 0 Å². The molecule has 158 valence electrons. The first kappa shape index (κ1) is 20.1. The Morgan fingerprint density at radius 3 is 2.37 bits per heavy atom. The van der Waals surface area contributed by atoms with Gasteiger partial charge in [0.15, 0.2) is 5.82 Å². The summed E-state index contributed by atoms with van der Waals surface area (Å²) >= 11 is 11.5. The molecular weight excluding hydrogens is 447 g/mol. The monoisotopic (exact) mass is 460 g/mol. The molecule has 30 heavy (non-hydrogen) atoms. The van der Waals surface area contributed by atoms with E-state index in [9.17, 15) is 17.6 Å². The van der Waals surface area contributed by atoms with Crippen LogP contribution in [0.3, 0.4) is 0 Å². The molecular formula is C20H14Cl2F4N2O2. The van der Waals surface area contributed by atoms with E-state index in [0.717, 1.165) is 23.3 Å². The van der Waals surface area contributed by atoms with Gasteiger partial charge in [-0.15, -0.1) is 0 Å². The van der Waals surface area contributed by atoms with Crippen molar-refractivity contribution < 1.29 is 27.1 Å². The number of halogens is 6. The van der Waals surface area contributed by atoms with E-state index < -0.39 is 39.6 Å². The quantitative estimate of drug-likeness (QED) is 0.504. The third-order valence-corrected chi connectivity index (χ3v) is 6.44. The molecule has 2 aromatic rings. The molecule has 0 bridgehead atoms. The summed E-state index contributed by atoms with van der Waals surface area (Å²) in [7, 11) is 0. The van der Waals surface area contributed by atoms with E-state index >= 15 is 0 Å². The Labute approximate surface area is 178 Å². The Morgan fingerprint density at radius 1 is 1.07 bits per heavy atom. The van der Waals surface area contributed by atoms with Gasteiger partial charge in [-0.25, -0.2) is 4.39 Å². The van der Waals surface area contributed by atoms with Gasteiger partial charge in [-0.2, -0.15) is 13.2 Å². The highest BCUT2D eigenvalue weighted by Gasteiger charge is 2.62. The molecule has 0 aliphatic carbocycles. The highest BCUT2D eigenvalue weighted by molar-refractivity contribution is 6.35. The topological polar surface area (TPSA) is 42.8 Å². The van der Waals surface area contributed by atoms with Gasteiger partial charge in [0.25, 0.3) is 5.60 Å². The van der Waals surface area contributed by atoms with E-state index in [-0.39, 0.29) is 11.3 Å². The zero-order valence-electron chi connectivity index (χ0n) is 15.2. The predicted molar refractivity (Wildman–Crippen MR) is 102 cm³/mol. The number of hydrogen-bond donors (Lipinski definition) is 1. The lowest BCUT2D eigenvalue weighted by Crippen LogP contribution is -2.56. The zero-order valence-corrected chi connectivity index (χ0v) is 16.8. The van der Waals surface area contributed by atoms with Crippen LogP contribution in [0.25, 0.3) is 0 Å². The summed E-state index contributed by atoms with van der Waals surface area (Å²) in [6, 6.07) is 7.10. The zero-order chi connectivity index (χ0) is 21.3. The van der Waals surface area contributed by atoms with Gasteiger partial charge in [0, 0.05) is 25.1 Å². The van der Waals surface area contributed by atoms with Gasteiger partial charge in [0.05, 0.1) is 22.4 Å². The number of nitrogens with zero attached hydrogens (tertiary/aromatic N) is 1. The molecule has 1 spiro atoms. The molecule has 0 aromatic heterocycles. The fourth-order valence-electron chi connectivity index (χ4n) is 4.12. The van der Waals surface area contributed by atoms with Crippen LogP contribution in [-0.2, 0) is 27.4 Å². The first-order chi connectivity index (χ1) is 14.2. The highest BCUT2D eigenvalue weighted by Crippen LogP contribution is 2.50. The lowest BCUT2D eigenvalue weighted by molar-refractivity contribution is -0.275. The van der Waals surface area contributed by atoms with Gasteiger partial charge in [-0.3, -0.25) is 0 Å². The van der Waals surface area contributed by atoms with Crippen LogP contribution in [0.1, 0.15) is 28.7 Å². The number of alkyl halides is 3. The number of hydrogen-bond acceptors (Lipinski definition) is 4. The molecule has 3 heterocycles. The largest absolute Gasteiger partial charge is 0.435 e. The Bertz CT molecular complexity index is 1060. The van der Waals surface area contributed by atoms with Gasteiger partial charge in [-0.05, 0) is 34.9 Å². The fraction of sp³-hybridized carbons (Fsp3) is 0.350. The number of rotatable bonds is 2. The predicted octanol–water partition coefficient (Wildman–Crippen LogP) is 5.04. The third-order valence-electron chi connectivity index (χ3n) is 5.89. The van der Waals surface area contributed by atoms with Gasteiger partial charge in [0.2, 0.25) is 0 Å². The maximum atomic E-state index is 14.1. The molecule has 2 aromatic carbocycles. The molecule has 1 atom stereocenters. The molecule has 5 rings (SSSR count). The second kappa shape index (κ2) is 6.56. The molecule has 1 fully saturated rings. The Balaban J connectivity index is 1.51. The van der Waals surface area contributed by atoms with E-state index in [4.69, 9.17) is 32.8 Å². The minimum absolute atomic E-state index is 0.124. The van der Waals surface area contributed by atoms with Crippen LogP contribution in [0.5, 0.6) is 0 Å². The van der Waals surface area contributed by atoms with E-state index in [2.05, 4.69) is 10.5 Å². The fourth-order valence-corrected chi connectivity index (χ4v) is 4.61. The van der Waals surface area contributed by atoms with Crippen LogP contribution in [0.4, 0.5) is 17.6 Å². The molecule has 0 unspecified atom stereocenters. The number of nitrogens with one attached hydrogen (secondary N) is 1. The number of fused-ring (bicyclic) bond motifs is 2. The van der Waals surface area contributed by atoms with Gasteiger partial charge in [0.1, 0.15) is 5.60 Å². The maximum Gasteiger partial charge on any atom is 0.435 e. The van der Waals surface area contributed by atoms with Crippen molar-refractivity contribution in [2.75, 3.05) is 13.1 Å². The lowest BCUT2D eigenvalue weighted by Gasteiger charge is -2.39. The van der Waals surface area contributed by atoms with Crippen molar-refractivity contribution in [3.05, 3.63) is 68.4 Å². The summed E-state index contributed by atoms with van der Waals surface area (Å²) in [5.41, 5.74) is -0.990. The van der Waals surface area contributed by atoms with Gasteiger partial charge >= 0.3 is 6.18 Å². The second-order valence-corrected chi connectivity index (χ2v) is 8.46. The number of benzene rings is 2. The molecule has 0 radical (unpaired) electrons. The van der Waals surface area contributed by atoms with Crippen molar-refractivity contribution in [1.29, 1.82) is 0 Å². The van der Waals surface area contributed by atoms with Crippen LogP contribution in [0.2, 0.25) is 10.0 Å². The first-order valence-corrected chi connectivity index (χ1v) is 9.86. The minimum atomic E-state index is -4.84. The molecule has 0 amide bonds. The molecule has 3 aliphatic rings. The average molecular weight is 461 g/mol. The number of oxime groups is 1. The van der Waals surface area contributed by atoms with Crippen molar-refractivity contribution in [2.24, 2.45) is 5.16 Å². The normalized spacial score (nSPS) is 24.4. The van der Waals surface area contributed by atoms with Crippen molar-refractivity contribution in [1.82, 2.24) is 5.32 Å². The van der Waals surface area contributed by atoms with Gasteiger partial charge in [-0.1, -0.05) is 40.5 Å². The Hall–Kier alpha value is -1.87. The van der Waals surface area contributed by atoms with Crippen molar-refractivity contribution in [2.45, 2.75) is 30.4 Å². The average Bonchev–Trinajstić information content (AvgIpc) is 3.27.